The van der Waals surface area contributed by atoms with Crippen molar-refractivity contribution in [2.45, 2.75) is 17.9 Å². The van der Waals surface area contributed by atoms with Crippen molar-refractivity contribution in [3.05, 3.63) is 28.2 Å². The Morgan fingerprint density at radius 2 is 1.81 bits per heavy atom. The highest BCUT2D eigenvalue weighted by Crippen LogP contribution is 2.31. The van der Waals surface area contributed by atoms with E-state index in [0.29, 0.717) is 26.2 Å². The van der Waals surface area contributed by atoms with Gasteiger partial charge in [-0.15, -0.1) is 0 Å². The van der Waals surface area contributed by atoms with Gasteiger partial charge in [-0.05, 0) is 12.1 Å². The summed E-state index contributed by atoms with van der Waals surface area (Å²) in [5.41, 5.74) is 0. The van der Waals surface area contributed by atoms with Gasteiger partial charge in [0.15, 0.2) is 6.04 Å². The summed E-state index contributed by atoms with van der Waals surface area (Å²) in [4.78, 5) is 1.05. The Kier molecular flexibility index (Phi) is 5.12. The van der Waals surface area contributed by atoms with Gasteiger partial charge in [0, 0.05) is 6.92 Å². The predicted octanol–water partition coefficient (Wildman–Crippen LogP) is 0.795. The van der Waals surface area contributed by atoms with Crippen LogP contribution in [-0.4, -0.2) is 44.9 Å². The topological polar surface area (TPSA) is 65.6 Å². The molecule has 2 rings (SSSR count). The number of piperazine rings is 1. The molecule has 1 saturated heterocycles. The highest BCUT2D eigenvalue weighted by atomic mass is 35.5. The van der Waals surface area contributed by atoms with Crippen LogP contribution in [0.1, 0.15) is 6.92 Å². The Balaban J connectivity index is 2.22. The number of quaternary nitrogens is 1. The summed E-state index contributed by atoms with van der Waals surface area (Å²) in [5.74, 6) is 0. The van der Waals surface area contributed by atoms with Crippen LogP contribution < -0.4 is 4.90 Å². The molecule has 1 fully saturated rings. The SMILES string of the molecule is C[C@H](C#N)[NH+]1CCN(S(=O)(=O)c2c(Cl)cccc2Cl)CC1. The van der Waals surface area contributed by atoms with Gasteiger partial charge >= 0.3 is 0 Å². The lowest BCUT2D eigenvalue weighted by atomic mass is 10.2. The van der Waals surface area contributed by atoms with E-state index >= 15 is 0 Å². The third-order valence-corrected chi connectivity index (χ3v) is 6.54. The van der Waals surface area contributed by atoms with E-state index < -0.39 is 10.0 Å². The van der Waals surface area contributed by atoms with Crippen molar-refractivity contribution in [1.82, 2.24) is 4.31 Å². The molecule has 1 atom stereocenters. The van der Waals surface area contributed by atoms with Crippen molar-refractivity contribution in [3.63, 3.8) is 0 Å². The van der Waals surface area contributed by atoms with Crippen LogP contribution in [0.3, 0.4) is 0 Å². The van der Waals surface area contributed by atoms with Crippen LogP contribution >= 0.6 is 23.2 Å². The molecule has 1 aliphatic rings. The van der Waals surface area contributed by atoms with Gasteiger partial charge in [0.1, 0.15) is 11.0 Å². The molecule has 1 aliphatic heterocycles. The van der Waals surface area contributed by atoms with Crippen molar-refractivity contribution < 1.29 is 13.3 Å². The normalized spacial score (nSPS) is 19.1. The molecule has 0 unspecified atom stereocenters. The quantitative estimate of drug-likeness (QED) is 0.878. The van der Waals surface area contributed by atoms with E-state index in [9.17, 15) is 8.42 Å². The summed E-state index contributed by atoms with van der Waals surface area (Å²) >= 11 is 12.0. The van der Waals surface area contributed by atoms with Crippen molar-refractivity contribution in [2.24, 2.45) is 0 Å². The maximum absolute atomic E-state index is 12.7. The van der Waals surface area contributed by atoms with E-state index in [2.05, 4.69) is 6.07 Å². The van der Waals surface area contributed by atoms with Gasteiger partial charge in [-0.25, -0.2) is 8.42 Å². The third kappa shape index (κ3) is 3.33. The number of hydrogen-bond acceptors (Lipinski definition) is 3. The fourth-order valence-corrected chi connectivity index (χ4v) is 4.93. The number of halogens is 2. The minimum atomic E-state index is -3.71. The highest BCUT2D eigenvalue weighted by molar-refractivity contribution is 7.89. The molecule has 1 aromatic carbocycles. The number of nitrogens with one attached hydrogen (secondary N) is 1. The molecule has 8 heteroatoms. The van der Waals surface area contributed by atoms with E-state index in [1.165, 1.54) is 16.4 Å². The summed E-state index contributed by atoms with van der Waals surface area (Å²) in [6.07, 6.45) is 0. The molecule has 1 heterocycles. The largest absolute Gasteiger partial charge is 0.319 e. The molecule has 0 aliphatic carbocycles. The molecule has 0 amide bonds. The second-order valence-corrected chi connectivity index (χ2v) is 7.65. The predicted molar refractivity (Wildman–Crippen MR) is 81.0 cm³/mol. The second-order valence-electron chi connectivity index (χ2n) is 4.96. The molecule has 0 saturated carbocycles. The van der Waals surface area contributed by atoms with E-state index in [1.807, 2.05) is 6.92 Å². The minimum absolute atomic E-state index is 0.0369. The van der Waals surface area contributed by atoms with E-state index in [1.54, 1.807) is 6.07 Å². The minimum Gasteiger partial charge on any atom is -0.319 e. The second kappa shape index (κ2) is 6.51. The average Bonchev–Trinajstić information content (AvgIpc) is 2.46. The first-order valence-electron chi connectivity index (χ1n) is 6.56. The Labute approximate surface area is 134 Å². The lowest BCUT2D eigenvalue weighted by Gasteiger charge is -2.32. The van der Waals surface area contributed by atoms with Crippen LogP contribution in [0.15, 0.2) is 23.1 Å². The summed E-state index contributed by atoms with van der Waals surface area (Å²) in [5, 5.41) is 9.18. The van der Waals surface area contributed by atoms with E-state index in [0.717, 1.165) is 4.90 Å². The van der Waals surface area contributed by atoms with Crippen molar-refractivity contribution in [3.8, 4) is 6.07 Å². The first kappa shape index (κ1) is 16.5. The molecular weight excluding hydrogens is 333 g/mol. The Bertz CT molecular complexity index is 644. The standard InChI is InChI=1S/C13H15Cl2N3O2S/c1-10(9-16)17-5-7-18(8-6-17)21(19,20)13-11(14)3-2-4-12(13)15/h2-4,10H,5-8H2,1H3/p+1/t10-/m1/s1. The summed E-state index contributed by atoms with van der Waals surface area (Å²) < 4.78 is 26.7. The van der Waals surface area contributed by atoms with Crippen LogP contribution in [0.4, 0.5) is 0 Å². The lowest BCUT2D eigenvalue weighted by molar-refractivity contribution is -0.918. The van der Waals surface area contributed by atoms with Gasteiger partial charge < -0.3 is 4.90 Å². The van der Waals surface area contributed by atoms with Gasteiger partial charge in [-0.1, -0.05) is 29.3 Å². The van der Waals surface area contributed by atoms with Crippen molar-refractivity contribution in [1.29, 1.82) is 5.26 Å². The molecule has 1 N–H and O–H groups in total. The first-order valence-corrected chi connectivity index (χ1v) is 8.76. The molecule has 21 heavy (non-hydrogen) atoms. The summed E-state index contributed by atoms with van der Waals surface area (Å²) in [6, 6.07) is 6.69. The number of rotatable bonds is 3. The van der Waals surface area contributed by atoms with Crippen LogP contribution in [0.5, 0.6) is 0 Å². The van der Waals surface area contributed by atoms with Crippen LogP contribution in [0.25, 0.3) is 0 Å². The molecule has 0 aromatic heterocycles. The van der Waals surface area contributed by atoms with Crippen molar-refractivity contribution in [2.75, 3.05) is 26.2 Å². The zero-order chi connectivity index (χ0) is 15.6. The van der Waals surface area contributed by atoms with Gasteiger partial charge in [0.2, 0.25) is 10.0 Å². The van der Waals surface area contributed by atoms with E-state index in [4.69, 9.17) is 28.5 Å². The van der Waals surface area contributed by atoms with Crippen molar-refractivity contribution >= 4 is 33.2 Å². The Morgan fingerprint density at radius 1 is 1.29 bits per heavy atom. The molecule has 5 nitrogen and oxygen atoms in total. The zero-order valence-corrected chi connectivity index (χ0v) is 13.8. The van der Waals surface area contributed by atoms with Crippen LogP contribution in [0.2, 0.25) is 10.0 Å². The number of benzene rings is 1. The number of hydrogen-bond donors (Lipinski definition) is 1. The Hall–Kier alpha value is -0.840. The van der Waals surface area contributed by atoms with Gasteiger partial charge in [0.25, 0.3) is 0 Å². The highest BCUT2D eigenvalue weighted by Gasteiger charge is 2.34. The lowest BCUT2D eigenvalue weighted by Crippen LogP contribution is -3.17. The Morgan fingerprint density at radius 3 is 2.29 bits per heavy atom. The molecule has 0 bridgehead atoms. The number of sulfonamides is 1. The molecule has 1 aromatic rings. The average molecular weight is 349 g/mol. The number of nitriles is 1. The van der Waals surface area contributed by atoms with Crippen LogP contribution in [-0.2, 0) is 10.0 Å². The maximum Gasteiger partial charge on any atom is 0.246 e. The third-order valence-electron chi connectivity index (χ3n) is 3.69. The van der Waals surface area contributed by atoms with Gasteiger partial charge in [-0.3, -0.25) is 0 Å². The first-order chi connectivity index (χ1) is 9.87. The number of nitrogens with zero attached hydrogens (tertiary/aromatic N) is 2. The molecular formula is C13H16Cl2N3O2S+. The smallest absolute Gasteiger partial charge is 0.246 e. The summed E-state index contributed by atoms with van der Waals surface area (Å²) in [6.45, 7) is 3.73. The maximum atomic E-state index is 12.7. The fraction of sp³-hybridized carbons (Fsp3) is 0.462. The molecule has 0 radical (unpaired) electrons. The molecule has 114 valence electrons. The monoisotopic (exact) mass is 348 g/mol. The fourth-order valence-electron chi connectivity index (χ4n) is 2.40. The van der Waals surface area contributed by atoms with E-state index in [-0.39, 0.29) is 21.0 Å². The van der Waals surface area contributed by atoms with Crippen LogP contribution in [0, 0.1) is 11.3 Å². The molecule has 0 spiro atoms. The van der Waals surface area contributed by atoms with Gasteiger partial charge in [-0.2, -0.15) is 9.57 Å². The zero-order valence-electron chi connectivity index (χ0n) is 11.5. The van der Waals surface area contributed by atoms with Gasteiger partial charge in [0.05, 0.1) is 36.2 Å². The summed E-state index contributed by atoms with van der Waals surface area (Å²) in [7, 11) is -3.71.